The first-order chi connectivity index (χ1) is 20.2. The molecule has 0 bridgehead atoms. The standard InChI is InChI=1S/C27H32N5O10P/c1-15(33)30-23(12-16-6-8-18(9-7-16)42-43(39,40)41)27(38)31-21(10-11-24(34)35)26(37)32-22(25(28)36)13-17-14-29-20-5-3-2-4-19(17)20/h2-9,14,21-23,29H,10-13H2,1H3,(H2,28,36)(H,30,33)(H,31,38)(H,32,37)(H,34,35)(H2,39,40,41)/t21?,22-,23-/m0/s1. The molecule has 9 N–H and O–H groups in total. The summed E-state index contributed by atoms with van der Waals surface area (Å²) in [5.41, 5.74) is 7.54. The van der Waals surface area contributed by atoms with E-state index in [1.165, 1.54) is 31.2 Å². The zero-order chi connectivity index (χ0) is 31.7. The number of hydrogen-bond acceptors (Lipinski definition) is 7. The highest BCUT2D eigenvalue weighted by Crippen LogP contribution is 2.37. The second kappa shape index (κ2) is 14.4. The molecule has 0 fully saturated rings. The number of aromatic nitrogens is 1. The van der Waals surface area contributed by atoms with Crippen molar-refractivity contribution in [2.45, 2.75) is 50.7 Å². The smallest absolute Gasteiger partial charge is 0.481 e. The summed E-state index contributed by atoms with van der Waals surface area (Å²) in [6, 6.07) is 8.87. The van der Waals surface area contributed by atoms with Crippen LogP contribution in [0.25, 0.3) is 10.9 Å². The van der Waals surface area contributed by atoms with Crippen molar-refractivity contribution in [2.24, 2.45) is 5.73 Å². The molecule has 43 heavy (non-hydrogen) atoms. The zero-order valence-corrected chi connectivity index (χ0v) is 23.9. The molecule has 15 nitrogen and oxygen atoms in total. The molecule has 0 aliphatic rings. The minimum Gasteiger partial charge on any atom is -0.481 e. The number of phosphoric acid groups is 1. The van der Waals surface area contributed by atoms with Gasteiger partial charge in [0.15, 0.2) is 0 Å². The number of H-pyrrole nitrogens is 1. The number of carbonyl (C=O) groups is 5. The highest BCUT2D eigenvalue weighted by atomic mass is 31.2. The van der Waals surface area contributed by atoms with Gasteiger partial charge in [-0.1, -0.05) is 30.3 Å². The third kappa shape index (κ3) is 10.3. The molecule has 3 aromatic rings. The lowest BCUT2D eigenvalue weighted by molar-refractivity contribution is -0.138. The lowest BCUT2D eigenvalue weighted by Gasteiger charge is -2.24. The fourth-order valence-electron chi connectivity index (χ4n) is 4.34. The largest absolute Gasteiger partial charge is 0.524 e. The van der Waals surface area contributed by atoms with Gasteiger partial charge in [-0.25, -0.2) is 4.57 Å². The quantitative estimate of drug-likeness (QED) is 0.108. The lowest BCUT2D eigenvalue weighted by Crippen LogP contribution is -2.57. The first-order valence-corrected chi connectivity index (χ1v) is 14.5. The number of fused-ring (bicyclic) bond motifs is 1. The predicted molar refractivity (Wildman–Crippen MR) is 152 cm³/mol. The number of nitrogens with two attached hydrogens (primary N) is 1. The van der Waals surface area contributed by atoms with Crippen LogP contribution in [0.4, 0.5) is 0 Å². The summed E-state index contributed by atoms with van der Waals surface area (Å²) in [6.07, 6.45) is 0.792. The van der Waals surface area contributed by atoms with E-state index in [1.807, 2.05) is 24.3 Å². The Balaban J connectivity index is 1.76. The molecular weight excluding hydrogens is 585 g/mol. The van der Waals surface area contributed by atoms with E-state index >= 15 is 0 Å². The van der Waals surface area contributed by atoms with Gasteiger partial charge in [-0.3, -0.25) is 33.8 Å². The number of carboxylic acids is 1. The maximum absolute atomic E-state index is 13.3. The highest BCUT2D eigenvalue weighted by Gasteiger charge is 2.30. The number of primary amides is 1. The number of aromatic amines is 1. The first-order valence-electron chi connectivity index (χ1n) is 13.0. The zero-order valence-electron chi connectivity index (χ0n) is 23.0. The van der Waals surface area contributed by atoms with Crippen molar-refractivity contribution >= 4 is 48.3 Å². The van der Waals surface area contributed by atoms with Gasteiger partial charge in [0, 0.05) is 43.3 Å². The van der Waals surface area contributed by atoms with Crippen molar-refractivity contribution < 1.29 is 48.0 Å². The number of phosphoric ester groups is 1. The van der Waals surface area contributed by atoms with E-state index in [0.717, 1.165) is 10.9 Å². The second-order valence-electron chi connectivity index (χ2n) is 9.70. The number of benzene rings is 2. The van der Waals surface area contributed by atoms with Gasteiger partial charge in [0.2, 0.25) is 23.6 Å². The Morgan fingerprint density at radius 3 is 2.14 bits per heavy atom. The second-order valence-corrected chi connectivity index (χ2v) is 10.9. The summed E-state index contributed by atoms with van der Waals surface area (Å²) in [5, 5.41) is 17.4. The number of hydrogen-bond donors (Lipinski definition) is 8. The van der Waals surface area contributed by atoms with Crippen LogP contribution in [0.1, 0.15) is 30.9 Å². The molecule has 0 radical (unpaired) electrons. The molecule has 16 heteroatoms. The van der Waals surface area contributed by atoms with Crippen LogP contribution in [0.2, 0.25) is 0 Å². The van der Waals surface area contributed by atoms with Crippen molar-refractivity contribution in [2.75, 3.05) is 0 Å². The van der Waals surface area contributed by atoms with Gasteiger partial charge in [-0.15, -0.1) is 0 Å². The third-order valence-corrected chi connectivity index (χ3v) is 6.77. The Morgan fingerprint density at radius 2 is 1.53 bits per heavy atom. The number of amides is 4. The molecule has 1 heterocycles. The summed E-state index contributed by atoms with van der Waals surface area (Å²) in [5.74, 6) is -4.43. The lowest BCUT2D eigenvalue weighted by atomic mass is 10.0. The van der Waals surface area contributed by atoms with Gasteiger partial charge < -0.3 is 36.3 Å². The molecule has 0 aliphatic carbocycles. The predicted octanol–water partition coefficient (Wildman–Crippen LogP) is 0.249. The number of carboxylic acid groups (broad SMARTS) is 1. The van der Waals surface area contributed by atoms with Crippen LogP contribution in [-0.4, -0.2) is 67.6 Å². The minimum atomic E-state index is -4.78. The summed E-state index contributed by atoms with van der Waals surface area (Å²) in [4.78, 5) is 82.8. The number of nitrogens with one attached hydrogen (secondary N) is 4. The molecule has 1 aromatic heterocycles. The van der Waals surface area contributed by atoms with Crippen LogP contribution in [-0.2, 0) is 41.4 Å². The Hall–Kier alpha value is -4.72. The van der Waals surface area contributed by atoms with Gasteiger partial charge in [-0.05, 0) is 35.7 Å². The van der Waals surface area contributed by atoms with E-state index in [1.54, 1.807) is 6.20 Å². The van der Waals surface area contributed by atoms with E-state index in [0.29, 0.717) is 11.1 Å². The van der Waals surface area contributed by atoms with Crippen LogP contribution < -0.4 is 26.2 Å². The van der Waals surface area contributed by atoms with Gasteiger partial charge in [0.25, 0.3) is 0 Å². The topological polar surface area (TPSA) is 250 Å². The maximum Gasteiger partial charge on any atom is 0.524 e. The van der Waals surface area contributed by atoms with Crippen molar-refractivity contribution in [1.29, 1.82) is 0 Å². The molecule has 0 saturated carbocycles. The van der Waals surface area contributed by atoms with Crippen LogP contribution in [0.5, 0.6) is 5.75 Å². The molecular formula is C27H32N5O10P. The molecule has 1 unspecified atom stereocenters. The van der Waals surface area contributed by atoms with E-state index in [-0.39, 0.29) is 25.0 Å². The van der Waals surface area contributed by atoms with Crippen molar-refractivity contribution in [1.82, 2.24) is 20.9 Å². The van der Waals surface area contributed by atoms with Crippen LogP contribution in [0.3, 0.4) is 0 Å². The van der Waals surface area contributed by atoms with Gasteiger partial charge in [-0.2, -0.15) is 0 Å². The van der Waals surface area contributed by atoms with Gasteiger partial charge in [0.1, 0.15) is 23.9 Å². The normalized spacial score (nSPS) is 13.4. The molecule has 0 saturated heterocycles. The monoisotopic (exact) mass is 617 g/mol. The Morgan fingerprint density at radius 1 is 0.907 bits per heavy atom. The summed E-state index contributed by atoms with van der Waals surface area (Å²) in [6.45, 7) is 1.17. The first kappa shape index (κ1) is 32.8. The highest BCUT2D eigenvalue weighted by molar-refractivity contribution is 7.46. The average Bonchev–Trinajstić information content (AvgIpc) is 3.32. The molecule has 230 valence electrons. The van der Waals surface area contributed by atoms with Crippen molar-refractivity contribution in [3.05, 3.63) is 65.9 Å². The number of rotatable bonds is 15. The fourth-order valence-corrected chi connectivity index (χ4v) is 4.73. The van der Waals surface area contributed by atoms with E-state index in [9.17, 15) is 33.6 Å². The summed E-state index contributed by atoms with van der Waals surface area (Å²) in [7, 11) is -4.78. The Kier molecular flexibility index (Phi) is 11.0. The number of carbonyl (C=O) groups excluding carboxylic acids is 4. The summed E-state index contributed by atoms with van der Waals surface area (Å²) >= 11 is 0. The molecule has 2 aromatic carbocycles. The molecule has 3 rings (SSSR count). The molecule has 0 aliphatic heterocycles. The van der Waals surface area contributed by atoms with Gasteiger partial charge in [0.05, 0.1) is 0 Å². The SMILES string of the molecule is CC(=O)N[C@@H](Cc1ccc(OP(=O)(O)O)cc1)C(=O)NC(CCC(=O)O)C(=O)N[C@@H](Cc1c[nH]c2ccccc12)C(N)=O. The van der Waals surface area contributed by atoms with E-state index < -0.39 is 62.0 Å². The van der Waals surface area contributed by atoms with Crippen LogP contribution in [0.15, 0.2) is 54.7 Å². The molecule has 3 atom stereocenters. The average molecular weight is 618 g/mol. The number of aliphatic carboxylic acids is 1. The maximum atomic E-state index is 13.3. The summed E-state index contributed by atoms with van der Waals surface area (Å²) < 4.78 is 15.5. The van der Waals surface area contributed by atoms with E-state index in [2.05, 4.69) is 25.5 Å². The van der Waals surface area contributed by atoms with Gasteiger partial charge >= 0.3 is 13.8 Å². The third-order valence-electron chi connectivity index (χ3n) is 6.32. The fraction of sp³-hybridized carbons (Fsp3) is 0.296. The molecule has 4 amide bonds. The number of para-hydroxylation sites is 1. The Bertz CT molecular complexity index is 1530. The van der Waals surface area contributed by atoms with E-state index in [4.69, 9.17) is 15.5 Å². The Labute approximate surface area is 245 Å². The van der Waals surface area contributed by atoms with Crippen LogP contribution >= 0.6 is 7.82 Å². The molecule has 0 spiro atoms. The minimum absolute atomic E-state index is 0.0287. The van der Waals surface area contributed by atoms with Crippen LogP contribution in [0, 0.1) is 0 Å². The van der Waals surface area contributed by atoms with Crippen molar-refractivity contribution in [3.8, 4) is 5.75 Å². The van der Waals surface area contributed by atoms with Crippen molar-refractivity contribution in [3.63, 3.8) is 0 Å².